The molecule has 0 unspecified atom stereocenters. The summed E-state index contributed by atoms with van der Waals surface area (Å²) in [4.78, 5) is 3.74. The fraction of sp³-hybridized carbons (Fsp3) is 0. The van der Waals surface area contributed by atoms with Gasteiger partial charge in [-0.3, -0.25) is 4.98 Å². The lowest BCUT2D eigenvalue weighted by Crippen LogP contribution is -1.96. The van der Waals surface area contributed by atoms with Gasteiger partial charge in [0.25, 0.3) is 0 Å². The van der Waals surface area contributed by atoms with Crippen molar-refractivity contribution in [2.45, 2.75) is 0 Å². The molecule has 0 saturated heterocycles. The summed E-state index contributed by atoms with van der Waals surface area (Å²) in [5.74, 6) is -0.575. The van der Waals surface area contributed by atoms with Gasteiger partial charge in [-0.2, -0.15) is 0 Å². The van der Waals surface area contributed by atoms with Crippen molar-refractivity contribution in [1.29, 1.82) is 0 Å². The molecule has 82 valence electrons. The van der Waals surface area contributed by atoms with Gasteiger partial charge in [0.2, 0.25) is 0 Å². The predicted molar refractivity (Wildman–Crippen MR) is 64.1 cm³/mol. The molecule has 16 heavy (non-hydrogen) atoms. The van der Waals surface area contributed by atoms with Gasteiger partial charge in [0.15, 0.2) is 5.82 Å². The quantitative estimate of drug-likeness (QED) is 0.844. The number of anilines is 1. The summed E-state index contributed by atoms with van der Waals surface area (Å²) >= 11 is 11.8. The van der Waals surface area contributed by atoms with Crippen molar-refractivity contribution in [2.75, 3.05) is 5.73 Å². The molecule has 0 radical (unpaired) electrons. The van der Waals surface area contributed by atoms with E-state index in [2.05, 4.69) is 4.98 Å². The molecule has 0 aliphatic carbocycles. The smallest absolute Gasteiger partial charge is 0.164 e. The highest BCUT2D eigenvalue weighted by molar-refractivity contribution is 6.35. The van der Waals surface area contributed by atoms with Crippen LogP contribution in [0.1, 0.15) is 0 Å². The third kappa shape index (κ3) is 1.96. The Bertz CT molecular complexity index is 544. The Morgan fingerprint density at radius 3 is 2.62 bits per heavy atom. The molecule has 2 rings (SSSR count). The first-order chi connectivity index (χ1) is 7.59. The van der Waals surface area contributed by atoms with Crippen LogP contribution >= 0.6 is 23.2 Å². The number of halogens is 3. The molecule has 0 bridgehead atoms. The van der Waals surface area contributed by atoms with Gasteiger partial charge >= 0.3 is 0 Å². The Labute approximate surface area is 102 Å². The molecule has 1 aromatic heterocycles. The van der Waals surface area contributed by atoms with Crippen molar-refractivity contribution >= 4 is 28.9 Å². The van der Waals surface area contributed by atoms with E-state index < -0.39 is 5.82 Å². The van der Waals surface area contributed by atoms with Crippen LogP contribution in [0.15, 0.2) is 30.6 Å². The number of hydrogen-bond acceptors (Lipinski definition) is 2. The molecule has 2 nitrogen and oxygen atoms in total. The minimum atomic E-state index is -0.575. The van der Waals surface area contributed by atoms with Crippen LogP contribution in [0, 0.1) is 5.82 Å². The Balaban J connectivity index is 2.67. The molecule has 0 atom stereocenters. The Hall–Kier alpha value is -1.32. The maximum atomic E-state index is 13.2. The Morgan fingerprint density at radius 2 is 1.88 bits per heavy atom. The summed E-state index contributed by atoms with van der Waals surface area (Å²) in [5, 5.41) is 0.951. The van der Waals surface area contributed by atoms with E-state index in [1.807, 2.05) is 0 Å². The van der Waals surface area contributed by atoms with Crippen LogP contribution in [-0.2, 0) is 0 Å². The van der Waals surface area contributed by atoms with Crippen molar-refractivity contribution in [3.8, 4) is 11.1 Å². The van der Waals surface area contributed by atoms with Crippen LogP contribution in [-0.4, -0.2) is 4.98 Å². The SMILES string of the molecule is Nc1c(F)cncc1-c1cc(Cl)ccc1Cl. The van der Waals surface area contributed by atoms with Crippen LogP contribution in [0.2, 0.25) is 10.0 Å². The molecule has 0 spiro atoms. The van der Waals surface area contributed by atoms with Crippen LogP contribution in [0.3, 0.4) is 0 Å². The number of benzene rings is 1. The molecule has 0 aliphatic rings. The van der Waals surface area contributed by atoms with Crippen molar-refractivity contribution < 1.29 is 4.39 Å². The molecule has 2 aromatic rings. The molecule has 0 aliphatic heterocycles. The normalized spacial score (nSPS) is 10.4. The average Bonchev–Trinajstić information content (AvgIpc) is 2.26. The molecule has 1 aromatic carbocycles. The largest absolute Gasteiger partial charge is 0.396 e. The highest BCUT2D eigenvalue weighted by Gasteiger charge is 2.11. The molecule has 5 heteroatoms. The molecule has 0 fully saturated rings. The van der Waals surface area contributed by atoms with Gasteiger partial charge < -0.3 is 5.73 Å². The lowest BCUT2D eigenvalue weighted by molar-refractivity contribution is 0.627. The highest BCUT2D eigenvalue weighted by atomic mass is 35.5. The van der Waals surface area contributed by atoms with Crippen molar-refractivity contribution in [3.63, 3.8) is 0 Å². The van der Waals surface area contributed by atoms with Crippen molar-refractivity contribution in [2.24, 2.45) is 0 Å². The topological polar surface area (TPSA) is 38.9 Å². The minimum absolute atomic E-state index is 0.0131. The Morgan fingerprint density at radius 1 is 1.12 bits per heavy atom. The Kier molecular flexibility index (Phi) is 2.99. The maximum absolute atomic E-state index is 13.2. The molecule has 0 amide bonds. The van der Waals surface area contributed by atoms with Crippen LogP contribution in [0.25, 0.3) is 11.1 Å². The summed E-state index contributed by atoms with van der Waals surface area (Å²) in [5.41, 5.74) is 6.64. The van der Waals surface area contributed by atoms with Gasteiger partial charge in [-0.05, 0) is 18.2 Å². The standard InChI is InChI=1S/C11H7Cl2FN2/c12-6-1-2-9(13)7(3-6)8-4-16-5-10(14)11(8)15/h1-5H,(H2,15,16). The number of pyridine rings is 1. The second-order valence-corrected chi connectivity index (χ2v) is 4.05. The first-order valence-corrected chi connectivity index (χ1v) is 5.19. The van der Waals surface area contributed by atoms with E-state index in [1.165, 1.54) is 6.20 Å². The van der Waals surface area contributed by atoms with E-state index in [-0.39, 0.29) is 5.69 Å². The van der Waals surface area contributed by atoms with E-state index >= 15 is 0 Å². The maximum Gasteiger partial charge on any atom is 0.164 e. The van der Waals surface area contributed by atoms with Gasteiger partial charge in [-0.15, -0.1) is 0 Å². The van der Waals surface area contributed by atoms with Crippen molar-refractivity contribution in [3.05, 3.63) is 46.5 Å². The fourth-order valence-electron chi connectivity index (χ4n) is 1.36. The van der Waals surface area contributed by atoms with Gasteiger partial charge in [0, 0.05) is 27.4 Å². The van der Waals surface area contributed by atoms with E-state index in [0.717, 1.165) is 6.20 Å². The number of nitrogens with two attached hydrogens (primary N) is 1. The number of nitrogens with zero attached hydrogens (tertiary/aromatic N) is 1. The number of nitrogen functional groups attached to an aromatic ring is 1. The zero-order valence-corrected chi connectivity index (χ0v) is 9.56. The molecular formula is C11H7Cl2FN2. The van der Waals surface area contributed by atoms with E-state index in [4.69, 9.17) is 28.9 Å². The molecule has 1 heterocycles. The van der Waals surface area contributed by atoms with Crippen molar-refractivity contribution in [1.82, 2.24) is 4.98 Å². The van der Waals surface area contributed by atoms with E-state index in [0.29, 0.717) is 21.2 Å². The van der Waals surface area contributed by atoms with Gasteiger partial charge in [-0.1, -0.05) is 23.2 Å². The monoisotopic (exact) mass is 256 g/mol. The van der Waals surface area contributed by atoms with Crippen LogP contribution in [0.4, 0.5) is 10.1 Å². The summed E-state index contributed by atoms with van der Waals surface area (Å²) in [7, 11) is 0. The first-order valence-electron chi connectivity index (χ1n) is 4.44. The number of aromatic nitrogens is 1. The number of hydrogen-bond donors (Lipinski definition) is 1. The second kappa shape index (κ2) is 4.28. The average molecular weight is 257 g/mol. The lowest BCUT2D eigenvalue weighted by Gasteiger charge is -2.08. The van der Waals surface area contributed by atoms with Gasteiger partial charge in [0.05, 0.1) is 11.9 Å². The number of rotatable bonds is 1. The summed E-state index contributed by atoms with van der Waals surface area (Å²) < 4.78 is 13.2. The molecule has 2 N–H and O–H groups in total. The third-order valence-electron chi connectivity index (χ3n) is 2.16. The summed E-state index contributed by atoms with van der Waals surface area (Å²) in [6, 6.07) is 4.90. The molecule has 0 saturated carbocycles. The predicted octanol–water partition coefficient (Wildman–Crippen LogP) is 3.78. The lowest BCUT2D eigenvalue weighted by atomic mass is 10.1. The zero-order valence-electron chi connectivity index (χ0n) is 8.05. The van der Waals surface area contributed by atoms with Gasteiger partial charge in [-0.25, -0.2) is 4.39 Å². The molecular weight excluding hydrogens is 250 g/mol. The van der Waals surface area contributed by atoms with E-state index in [1.54, 1.807) is 18.2 Å². The summed E-state index contributed by atoms with van der Waals surface area (Å²) in [6.45, 7) is 0. The van der Waals surface area contributed by atoms with Gasteiger partial charge in [0.1, 0.15) is 0 Å². The van der Waals surface area contributed by atoms with Crippen LogP contribution in [0.5, 0.6) is 0 Å². The second-order valence-electron chi connectivity index (χ2n) is 3.21. The first kappa shape index (κ1) is 11.2. The highest BCUT2D eigenvalue weighted by Crippen LogP contribution is 2.34. The zero-order chi connectivity index (χ0) is 11.7. The third-order valence-corrected chi connectivity index (χ3v) is 2.72. The summed E-state index contributed by atoms with van der Waals surface area (Å²) in [6.07, 6.45) is 2.51. The fourth-order valence-corrected chi connectivity index (χ4v) is 1.75. The van der Waals surface area contributed by atoms with Crippen LogP contribution < -0.4 is 5.73 Å². The van der Waals surface area contributed by atoms with E-state index in [9.17, 15) is 4.39 Å². The minimum Gasteiger partial charge on any atom is -0.396 e.